The van der Waals surface area contributed by atoms with Crippen molar-refractivity contribution >= 4 is 17.3 Å². The number of anilines is 2. The van der Waals surface area contributed by atoms with Crippen LogP contribution in [-0.4, -0.2) is 28.2 Å². The third-order valence-corrected chi connectivity index (χ3v) is 3.99. The van der Waals surface area contributed by atoms with Gasteiger partial charge in [0.25, 0.3) is 0 Å². The van der Waals surface area contributed by atoms with Gasteiger partial charge in [-0.25, -0.2) is 4.98 Å². The Morgan fingerprint density at radius 2 is 2.10 bits per heavy atom. The number of aliphatic hydroxyl groups is 1. The summed E-state index contributed by atoms with van der Waals surface area (Å²) in [6.45, 7) is 0.746. The van der Waals surface area contributed by atoms with Gasteiger partial charge in [0.1, 0.15) is 5.82 Å². The summed E-state index contributed by atoms with van der Waals surface area (Å²) >= 11 is 0. The van der Waals surface area contributed by atoms with Gasteiger partial charge >= 0.3 is 5.69 Å². The lowest BCUT2D eigenvalue weighted by Crippen LogP contribution is -2.35. The van der Waals surface area contributed by atoms with E-state index in [0.717, 1.165) is 25.7 Å². The number of pyridine rings is 1. The molecule has 2 rings (SSSR count). The number of nitro groups is 1. The van der Waals surface area contributed by atoms with Crippen LogP contribution < -0.4 is 11.1 Å². The van der Waals surface area contributed by atoms with E-state index in [0.29, 0.717) is 12.4 Å². The molecule has 7 heteroatoms. The fraction of sp³-hybridized carbons (Fsp3) is 0.615. The maximum Gasteiger partial charge on any atom is 0.311 e. The summed E-state index contributed by atoms with van der Waals surface area (Å²) in [5.41, 5.74) is 5.25. The molecule has 1 fully saturated rings. The molecule has 0 aliphatic heterocycles. The molecule has 4 N–H and O–H groups in total. The van der Waals surface area contributed by atoms with Crippen LogP contribution in [0, 0.1) is 15.5 Å². The Morgan fingerprint density at radius 3 is 2.65 bits per heavy atom. The molecule has 0 atom stereocenters. The van der Waals surface area contributed by atoms with Gasteiger partial charge in [0.2, 0.25) is 5.82 Å². The molecule has 1 saturated carbocycles. The second-order valence-electron chi connectivity index (χ2n) is 5.43. The zero-order valence-electron chi connectivity index (χ0n) is 11.3. The molecule has 0 amide bonds. The van der Waals surface area contributed by atoms with Gasteiger partial charge < -0.3 is 16.2 Å². The number of nitrogens with two attached hydrogens (primary N) is 1. The van der Waals surface area contributed by atoms with E-state index in [2.05, 4.69) is 10.3 Å². The van der Waals surface area contributed by atoms with Gasteiger partial charge in [-0.1, -0.05) is 19.3 Å². The first-order chi connectivity index (χ1) is 9.56. The van der Waals surface area contributed by atoms with Crippen LogP contribution in [0.2, 0.25) is 0 Å². The molecule has 1 heterocycles. The van der Waals surface area contributed by atoms with E-state index in [1.54, 1.807) is 6.07 Å². The number of hydrogen-bond donors (Lipinski definition) is 3. The number of hydrogen-bond acceptors (Lipinski definition) is 6. The smallest absolute Gasteiger partial charge is 0.311 e. The summed E-state index contributed by atoms with van der Waals surface area (Å²) in [6, 6.07) is 2.89. The van der Waals surface area contributed by atoms with Crippen LogP contribution in [0.15, 0.2) is 12.1 Å². The first-order valence-corrected chi connectivity index (χ1v) is 6.82. The Morgan fingerprint density at radius 1 is 1.40 bits per heavy atom. The lowest BCUT2D eigenvalue weighted by Gasteiger charge is -2.35. The highest BCUT2D eigenvalue weighted by molar-refractivity contribution is 5.57. The first-order valence-electron chi connectivity index (χ1n) is 6.82. The quantitative estimate of drug-likeness (QED) is 0.561. The molecular weight excluding hydrogens is 260 g/mol. The van der Waals surface area contributed by atoms with Crippen LogP contribution in [0.4, 0.5) is 17.3 Å². The fourth-order valence-corrected chi connectivity index (χ4v) is 2.69. The highest BCUT2D eigenvalue weighted by Gasteiger charge is 2.31. The Kier molecular flexibility index (Phi) is 4.39. The second kappa shape index (κ2) is 6.04. The molecule has 20 heavy (non-hydrogen) atoms. The van der Waals surface area contributed by atoms with Gasteiger partial charge in [0.05, 0.1) is 11.5 Å². The minimum atomic E-state index is -0.553. The minimum Gasteiger partial charge on any atom is -0.396 e. The van der Waals surface area contributed by atoms with Gasteiger partial charge in [-0.3, -0.25) is 10.1 Å². The Hall–Kier alpha value is -1.89. The highest BCUT2D eigenvalue weighted by atomic mass is 16.6. The molecule has 0 bridgehead atoms. The minimum absolute atomic E-state index is 0.0957. The van der Waals surface area contributed by atoms with Crippen molar-refractivity contribution in [3.63, 3.8) is 0 Å². The van der Waals surface area contributed by atoms with Crippen LogP contribution in [0.3, 0.4) is 0 Å². The summed E-state index contributed by atoms with van der Waals surface area (Å²) in [4.78, 5) is 14.1. The van der Waals surface area contributed by atoms with Crippen LogP contribution >= 0.6 is 0 Å². The zero-order valence-corrected chi connectivity index (χ0v) is 11.3. The normalized spacial score (nSPS) is 17.6. The molecular formula is C13H20N4O3. The second-order valence-corrected chi connectivity index (χ2v) is 5.43. The zero-order chi connectivity index (χ0) is 14.6. The topological polar surface area (TPSA) is 114 Å². The van der Waals surface area contributed by atoms with E-state index < -0.39 is 4.92 Å². The monoisotopic (exact) mass is 280 g/mol. The van der Waals surface area contributed by atoms with Crippen molar-refractivity contribution in [2.45, 2.75) is 32.1 Å². The Labute approximate surface area is 117 Å². The molecule has 1 aromatic heterocycles. The van der Waals surface area contributed by atoms with Crippen molar-refractivity contribution in [1.29, 1.82) is 0 Å². The van der Waals surface area contributed by atoms with Crippen LogP contribution in [-0.2, 0) is 0 Å². The standard InChI is InChI=1S/C13H20N4O3/c14-12-10(17(19)20)4-5-11(16-12)15-8-13(9-18)6-2-1-3-7-13/h4-5,18H,1-3,6-9H2,(H3,14,15,16). The Balaban J connectivity index is 2.03. The van der Waals surface area contributed by atoms with Crippen LogP contribution in [0.5, 0.6) is 0 Å². The van der Waals surface area contributed by atoms with Gasteiger partial charge in [-0.05, 0) is 18.9 Å². The maximum atomic E-state index is 10.7. The number of aliphatic hydroxyl groups excluding tert-OH is 1. The summed E-state index contributed by atoms with van der Waals surface area (Å²) < 4.78 is 0. The van der Waals surface area contributed by atoms with Crippen molar-refractivity contribution < 1.29 is 10.0 Å². The van der Waals surface area contributed by atoms with E-state index in [1.165, 1.54) is 12.5 Å². The van der Waals surface area contributed by atoms with E-state index in [1.807, 2.05) is 0 Å². The molecule has 1 aliphatic rings. The maximum absolute atomic E-state index is 10.7. The number of aromatic nitrogens is 1. The third-order valence-electron chi connectivity index (χ3n) is 3.99. The van der Waals surface area contributed by atoms with Crippen LogP contribution in [0.1, 0.15) is 32.1 Å². The highest BCUT2D eigenvalue weighted by Crippen LogP contribution is 2.36. The molecule has 0 aromatic carbocycles. The molecule has 0 spiro atoms. The lowest BCUT2D eigenvalue weighted by molar-refractivity contribution is -0.384. The average Bonchev–Trinajstić information content (AvgIpc) is 2.46. The predicted octanol–water partition coefficient (Wildman–Crippen LogP) is 1.93. The van der Waals surface area contributed by atoms with Crippen molar-refractivity contribution in [2.24, 2.45) is 5.41 Å². The average molecular weight is 280 g/mol. The molecule has 0 saturated heterocycles. The van der Waals surface area contributed by atoms with E-state index >= 15 is 0 Å². The van der Waals surface area contributed by atoms with Crippen molar-refractivity contribution in [3.8, 4) is 0 Å². The first kappa shape index (κ1) is 14.5. The number of nitrogens with zero attached hydrogens (tertiary/aromatic N) is 2. The lowest BCUT2D eigenvalue weighted by atomic mass is 9.74. The molecule has 0 radical (unpaired) electrons. The van der Waals surface area contributed by atoms with E-state index in [-0.39, 0.29) is 23.5 Å². The van der Waals surface area contributed by atoms with Gasteiger partial charge in [0, 0.05) is 18.0 Å². The largest absolute Gasteiger partial charge is 0.396 e. The predicted molar refractivity (Wildman–Crippen MR) is 76.4 cm³/mol. The van der Waals surface area contributed by atoms with Crippen molar-refractivity contribution in [3.05, 3.63) is 22.2 Å². The molecule has 0 unspecified atom stereocenters. The summed E-state index contributed by atoms with van der Waals surface area (Å²) in [5.74, 6) is 0.410. The van der Waals surface area contributed by atoms with Crippen molar-refractivity contribution in [1.82, 2.24) is 4.98 Å². The summed E-state index contributed by atoms with van der Waals surface area (Å²) in [6.07, 6.45) is 5.43. The molecule has 7 nitrogen and oxygen atoms in total. The van der Waals surface area contributed by atoms with Crippen LogP contribution in [0.25, 0.3) is 0 Å². The Bertz CT molecular complexity index is 487. The van der Waals surface area contributed by atoms with E-state index in [4.69, 9.17) is 5.73 Å². The number of nitrogens with one attached hydrogen (secondary N) is 1. The van der Waals surface area contributed by atoms with Crippen molar-refractivity contribution in [2.75, 3.05) is 24.2 Å². The van der Waals surface area contributed by atoms with E-state index in [9.17, 15) is 15.2 Å². The van der Waals surface area contributed by atoms with Gasteiger partial charge in [-0.2, -0.15) is 0 Å². The SMILES string of the molecule is Nc1nc(NCC2(CO)CCCCC2)ccc1[N+](=O)[O-]. The third kappa shape index (κ3) is 3.16. The molecule has 1 aliphatic carbocycles. The fourth-order valence-electron chi connectivity index (χ4n) is 2.69. The molecule has 1 aromatic rings. The number of rotatable bonds is 5. The summed E-state index contributed by atoms with van der Waals surface area (Å²) in [5, 5.41) is 23.4. The number of nitrogen functional groups attached to an aromatic ring is 1. The van der Waals surface area contributed by atoms with Gasteiger partial charge in [0.15, 0.2) is 0 Å². The molecule has 110 valence electrons. The van der Waals surface area contributed by atoms with Gasteiger partial charge in [-0.15, -0.1) is 0 Å². The summed E-state index contributed by atoms with van der Waals surface area (Å²) in [7, 11) is 0.